The Kier molecular flexibility index (Phi) is 5.86. The Morgan fingerprint density at radius 2 is 1.96 bits per heavy atom. The number of aromatic nitrogens is 3. The van der Waals surface area contributed by atoms with Gasteiger partial charge in [0.15, 0.2) is 5.82 Å². The van der Waals surface area contributed by atoms with E-state index < -0.39 is 0 Å². The maximum atomic E-state index is 13.1. The number of ether oxygens (including phenoxy) is 1. The van der Waals surface area contributed by atoms with E-state index >= 15 is 0 Å². The molecule has 1 heterocycles. The van der Waals surface area contributed by atoms with Crippen LogP contribution < -0.4 is 15.4 Å². The third-order valence-electron chi connectivity index (χ3n) is 3.60. The van der Waals surface area contributed by atoms with E-state index in [9.17, 15) is 4.39 Å². The number of halogens is 1. The van der Waals surface area contributed by atoms with E-state index in [0.717, 1.165) is 0 Å². The molecule has 0 saturated carbocycles. The molecule has 0 unspecified atom stereocenters. The van der Waals surface area contributed by atoms with Gasteiger partial charge in [0.25, 0.3) is 0 Å². The van der Waals surface area contributed by atoms with Crippen LogP contribution in [0.4, 0.5) is 16.3 Å². The van der Waals surface area contributed by atoms with Crippen LogP contribution in [0, 0.1) is 5.82 Å². The molecule has 2 aromatic rings. The van der Waals surface area contributed by atoms with Gasteiger partial charge < -0.3 is 15.4 Å². The highest BCUT2D eigenvalue weighted by Crippen LogP contribution is 2.18. The van der Waals surface area contributed by atoms with Crippen molar-refractivity contribution in [2.24, 2.45) is 0 Å². The van der Waals surface area contributed by atoms with E-state index in [0.29, 0.717) is 30.7 Å². The highest BCUT2D eigenvalue weighted by molar-refractivity contribution is 5.33. The third-order valence-corrected chi connectivity index (χ3v) is 3.60. The fourth-order valence-corrected chi connectivity index (χ4v) is 2.04. The molecule has 2 N–H and O–H groups in total. The van der Waals surface area contributed by atoms with Crippen molar-refractivity contribution in [2.45, 2.75) is 13.0 Å². The Labute approximate surface area is 141 Å². The smallest absolute Gasteiger partial charge is 0.229 e. The summed E-state index contributed by atoms with van der Waals surface area (Å²) in [5.41, 5.74) is 5.76. The summed E-state index contributed by atoms with van der Waals surface area (Å²) in [5, 5.41) is 0. The van der Waals surface area contributed by atoms with Crippen molar-refractivity contribution in [3.05, 3.63) is 35.9 Å². The SMILES string of the molecule is C[C@H](c1nc(N)nc(N(C)C)n1)N(C)CCOc1cccc(F)c1. The fourth-order valence-electron chi connectivity index (χ4n) is 2.04. The molecule has 1 aromatic carbocycles. The Bertz CT molecular complexity index is 681. The third kappa shape index (κ3) is 4.76. The number of hydrogen-bond donors (Lipinski definition) is 1. The summed E-state index contributed by atoms with van der Waals surface area (Å²) in [6.07, 6.45) is 0. The van der Waals surface area contributed by atoms with Crippen LogP contribution in [0.1, 0.15) is 18.8 Å². The van der Waals surface area contributed by atoms with E-state index in [4.69, 9.17) is 10.5 Å². The number of rotatable bonds is 7. The molecule has 1 aromatic heterocycles. The molecule has 0 spiro atoms. The van der Waals surface area contributed by atoms with Crippen molar-refractivity contribution in [1.29, 1.82) is 0 Å². The van der Waals surface area contributed by atoms with E-state index in [-0.39, 0.29) is 17.8 Å². The molecular formula is C16H23FN6O. The maximum absolute atomic E-state index is 13.1. The molecule has 0 aliphatic carbocycles. The van der Waals surface area contributed by atoms with Crippen LogP contribution in [0.15, 0.2) is 24.3 Å². The zero-order chi connectivity index (χ0) is 17.7. The summed E-state index contributed by atoms with van der Waals surface area (Å²) < 4.78 is 18.7. The molecule has 0 amide bonds. The van der Waals surface area contributed by atoms with Gasteiger partial charge in [-0.2, -0.15) is 15.0 Å². The number of nitrogen functional groups attached to an aromatic ring is 1. The van der Waals surface area contributed by atoms with Gasteiger partial charge in [0.05, 0.1) is 6.04 Å². The number of nitrogens with zero attached hydrogens (tertiary/aromatic N) is 5. The van der Waals surface area contributed by atoms with Gasteiger partial charge in [-0.1, -0.05) is 6.07 Å². The number of likely N-dealkylation sites (N-methyl/N-ethyl adjacent to an activating group) is 1. The molecule has 0 fully saturated rings. The summed E-state index contributed by atoms with van der Waals surface area (Å²) in [6, 6.07) is 6.02. The molecule has 130 valence electrons. The average molecular weight is 334 g/mol. The average Bonchev–Trinajstić information content (AvgIpc) is 2.53. The standard InChI is InChI=1S/C16H23FN6O/c1-11(14-19-15(18)21-16(20-14)22(2)3)23(4)8-9-24-13-7-5-6-12(17)10-13/h5-7,10-11H,8-9H2,1-4H3,(H2,18,19,20,21)/t11-/m1/s1. The van der Waals surface area contributed by atoms with Crippen molar-refractivity contribution in [3.8, 4) is 5.75 Å². The van der Waals surface area contributed by atoms with Crippen molar-refractivity contribution < 1.29 is 9.13 Å². The minimum absolute atomic E-state index is 0.0647. The topological polar surface area (TPSA) is 80.4 Å². The van der Waals surface area contributed by atoms with Gasteiger partial charge in [-0.25, -0.2) is 4.39 Å². The van der Waals surface area contributed by atoms with Crippen LogP contribution in [-0.4, -0.2) is 54.1 Å². The number of hydrogen-bond acceptors (Lipinski definition) is 7. The monoisotopic (exact) mass is 334 g/mol. The summed E-state index contributed by atoms with van der Waals surface area (Å²) in [4.78, 5) is 16.5. The van der Waals surface area contributed by atoms with Crippen LogP contribution in [0.3, 0.4) is 0 Å². The highest BCUT2D eigenvalue weighted by Gasteiger charge is 2.17. The van der Waals surface area contributed by atoms with E-state index in [1.54, 1.807) is 17.0 Å². The van der Waals surface area contributed by atoms with Crippen LogP contribution >= 0.6 is 0 Å². The molecule has 0 saturated heterocycles. The number of benzene rings is 1. The van der Waals surface area contributed by atoms with Crippen LogP contribution in [0.25, 0.3) is 0 Å². The van der Waals surface area contributed by atoms with Crippen LogP contribution in [-0.2, 0) is 0 Å². The normalized spacial score (nSPS) is 12.2. The largest absolute Gasteiger partial charge is 0.492 e. The molecule has 0 radical (unpaired) electrons. The van der Waals surface area contributed by atoms with E-state index in [1.165, 1.54) is 12.1 Å². The quantitative estimate of drug-likeness (QED) is 0.826. The molecule has 7 nitrogen and oxygen atoms in total. The highest BCUT2D eigenvalue weighted by atomic mass is 19.1. The molecule has 24 heavy (non-hydrogen) atoms. The van der Waals surface area contributed by atoms with Gasteiger partial charge in [0.1, 0.15) is 18.2 Å². The lowest BCUT2D eigenvalue weighted by Gasteiger charge is -2.24. The van der Waals surface area contributed by atoms with Gasteiger partial charge in [0.2, 0.25) is 11.9 Å². The minimum Gasteiger partial charge on any atom is -0.492 e. The second-order valence-electron chi connectivity index (χ2n) is 5.71. The Balaban J connectivity index is 1.95. The minimum atomic E-state index is -0.314. The Morgan fingerprint density at radius 1 is 1.21 bits per heavy atom. The predicted octanol–water partition coefficient (Wildman–Crippen LogP) is 1.73. The Morgan fingerprint density at radius 3 is 2.62 bits per heavy atom. The molecule has 0 aliphatic heterocycles. The first-order chi connectivity index (χ1) is 11.4. The maximum Gasteiger partial charge on any atom is 0.229 e. The second kappa shape index (κ2) is 7.87. The van der Waals surface area contributed by atoms with Gasteiger partial charge in [-0.15, -0.1) is 0 Å². The van der Waals surface area contributed by atoms with Crippen molar-refractivity contribution in [1.82, 2.24) is 19.9 Å². The number of nitrogens with two attached hydrogens (primary N) is 1. The first kappa shape index (κ1) is 17.9. The van der Waals surface area contributed by atoms with Crippen molar-refractivity contribution in [3.63, 3.8) is 0 Å². The first-order valence-electron chi connectivity index (χ1n) is 7.64. The van der Waals surface area contributed by atoms with Gasteiger partial charge in [-0.3, -0.25) is 4.90 Å². The summed E-state index contributed by atoms with van der Waals surface area (Å²) in [7, 11) is 5.63. The molecular weight excluding hydrogens is 311 g/mol. The van der Waals surface area contributed by atoms with E-state index in [1.807, 2.05) is 33.0 Å². The summed E-state index contributed by atoms with van der Waals surface area (Å²) in [6.45, 7) is 3.03. The van der Waals surface area contributed by atoms with Gasteiger partial charge in [0, 0.05) is 26.7 Å². The Hall–Kier alpha value is -2.48. The predicted molar refractivity (Wildman–Crippen MR) is 91.5 cm³/mol. The fraction of sp³-hybridized carbons (Fsp3) is 0.438. The van der Waals surface area contributed by atoms with Gasteiger partial charge in [-0.05, 0) is 26.1 Å². The van der Waals surface area contributed by atoms with E-state index in [2.05, 4.69) is 15.0 Å². The zero-order valence-electron chi connectivity index (χ0n) is 14.4. The zero-order valence-corrected chi connectivity index (χ0v) is 14.4. The first-order valence-corrected chi connectivity index (χ1v) is 7.64. The molecule has 8 heteroatoms. The van der Waals surface area contributed by atoms with Gasteiger partial charge >= 0.3 is 0 Å². The molecule has 1 atom stereocenters. The second-order valence-corrected chi connectivity index (χ2v) is 5.71. The van der Waals surface area contributed by atoms with Crippen molar-refractivity contribution >= 4 is 11.9 Å². The van der Waals surface area contributed by atoms with Crippen LogP contribution in [0.2, 0.25) is 0 Å². The lowest BCUT2D eigenvalue weighted by atomic mass is 10.3. The molecule has 0 bridgehead atoms. The van der Waals surface area contributed by atoms with Crippen molar-refractivity contribution in [2.75, 3.05) is 44.9 Å². The lowest BCUT2D eigenvalue weighted by Crippen LogP contribution is -2.29. The summed E-state index contributed by atoms with van der Waals surface area (Å²) >= 11 is 0. The number of anilines is 2. The summed E-state index contributed by atoms with van der Waals surface area (Å²) in [5.74, 6) is 1.51. The molecule has 2 rings (SSSR count). The lowest BCUT2D eigenvalue weighted by molar-refractivity contribution is 0.195. The molecule has 0 aliphatic rings. The van der Waals surface area contributed by atoms with Crippen LogP contribution in [0.5, 0.6) is 5.75 Å².